The predicted octanol–water partition coefficient (Wildman–Crippen LogP) is 4.29. The minimum Gasteiger partial charge on any atom is -0.349 e. The molecule has 0 atom stereocenters. The fraction of sp³-hybridized carbons (Fsp3) is 0.467. The minimum absolute atomic E-state index is 0.567. The summed E-state index contributed by atoms with van der Waals surface area (Å²) in [4.78, 5) is 1.59. The number of aromatic nitrogens is 1. The molecule has 1 aromatic rings. The summed E-state index contributed by atoms with van der Waals surface area (Å²) in [6, 6.07) is 0. The number of allylic oxidation sites excluding steroid dienone is 1. The molecule has 0 unspecified atom stereocenters. The van der Waals surface area contributed by atoms with Gasteiger partial charge in [-0.05, 0) is 43.6 Å². The summed E-state index contributed by atoms with van der Waals surface area (Å²) in [5, 5.41) is 0. The highest BCUT2D eigenvalue weighted by Gasteiger charge is 2.29. The zero-order valence-electron chi connectivity index (χ0n) is 11.2. The summed E-state index contributed by atoms with van der Waals surface area (Å²) >= 11 is 0. The number of rotatable bonds is 3. The van der Waals surface area contributed by atoms with Crippen molar-refractivity contribution in [2.45, 2.75) is 24.7 Å². The van der Waals surface area contributed by atoms with Gasteiger partial charge in [0.25, 0.3) is 0 Å². The molecule has 0 amide bonds. The van der Waals surface area contributed by atoms with Crippen molar-refractivity contribution in [1.82, 2.24) is 4.57 Å². The van der Waals surface area contributed by atoms with Crippen molar-refractivity contribution in [1.29, 1.82) is 0 Å². The Bertz CT molecular complexity index is 448. The molecule has 0 aromatic carbocycles. The normalized spacial score (nSPS) is 20.9. The first-order chi connectivity index (χ1) is 8.12. The van der Waals surface area contributed by atoms with Gasteiger partial charge in [-0.2, -0.15) is 0 Å². The molecule has 94 valence electrons. The number of nitrogens with zero attached hydrogens (tertiary/aromatic N) is 1. The van der Waals surface area contributed by atoms with Crippen LogP contribution in [0, 0.1) is 0 Å². The topological polar surface area (TPSA) is 4.93 Å². The van der Waals surface area contributed by atoms with Gasteiger partial charge in [0, 0.05) is 29.4 Å². The van der Waals surface area contributed by atoms with E-state index in [9.17, 15) is 0 Å². The summed E-state index contributed by atoms with van der Waals surface area (Å²) in [5.41, 5.74) is 2.67. The minimum atomic E-state index is -0.567. The van der Waals surface area contributed by atoms with Gasteiger partial charge in [0.2, 0.25) is 0 Å². The van der Waals surface area contributed by atoms with E-state index in [1.807, 2.05) is 6.08 Å². The van der Waals surface area contributed by atoms with Crippen molar-refractivity contribution in [2.24, 2.45) is 7.05 Å². The maximum Gasteiger partial charge on any atom is 0.0482 e. The Hall–Kier alpha value is -0.890. The van der Waals surface area contributed by atoms with Crippen LogP contribution in [0.4, 0.5) is 0 Å². The van der Waals surface area contributed by atoms with E-state index in [1.54, 1.807) is 4.90 Å². The van der Waals surface area contributed by atoms with Gasteiger partial charge < -0.3 is 4.57 Å². The van der Waals surface area contributed by atoms with Crippen molar-refractivity contribution in [3.05, 3.63) is 30.1 Å². The second-order valence-electron chi connectivity index (χ2n) is 5.00. The highest BCUT2D eigenvalue weighted by atomic mass is 32.3. The molecular formula is C15H23NS. The molecule has 17 heavy (non-hydrogen) atoms. The third-order valence-electron chi connectivity index (χ3n) is 3.73. The molecule has 1 nitrogen and oxygen atoms in total. The molecule has 2 heteroatoms. The third-order valence-corrected chi connectivity index (χ3v) is 7.50. The zero-order chi connectivity index (χ0) is 12.5. The molecule has 1 saturated heterocycles. The van der Waals surface area contributed by atoms with Gasteiger partial charge in [0.1, 0.15) is 0 Å². The molecule has 0 aliphatic carbocycles. The maximum absolute atomic E-state index is 3.95. The lowest BCUT2D eigenvalue weighted by Gasteiger charge is -2.30. The molecule has 0 spiro atoms. The van der Waals surface area contributed by atoms with Crippen LogP contribution in [-0.2, 0) is 7.05 Å². The lowest BCUT2D eigenvalue weighted by Crippen LogP contribution is -2.00. The van der Waals surface area contributed by atoms with Crippen LogP contribution in [0.15, 0.2) is 23.7 Å². The molecule has 0 N–H and O–H groups in total. The largest absolute Gasteiger partial charge is 0.349 e. The van der Waals surface area contributed by atoms with Gasteiger partial charge in [0.05, 0.1) is 0 Å². The van der Waals surface area contributed by atoms with Crippen LogP contribution in [0.3, 0.4) is 0 Å². The SMILES string of the molecule is C=Cc1c(C=CC)c(S2(C)CCCC2)cn1C. The third kappa shape index (κ3) is 2.11. The lowest BCUT2D eigenvalue weighted by atomic mass is 10.2. The number of hydrogen-bond donors (Lipinski definition) is 0. The Morgan fingerprint density at radius 1 is 1.35 bits per heavy atom. The van der Waals surface area contributed by atoms with Gasteiger partial charge in [-0.3, -0.25) is 0 Å². The molecule has 0 saturated carbocycles. The Balaban J connectivity index is 2.56. The van der Waals surface area contributed by atoms with Crippen LogP contribution in [0.1, 0.15) is 31.0 Å². The van der Waals surface area contributed by atoms with Gasteiger partial charge in [-0.1, -0.05) is 18.7 Å². The van der Waals surface area contributed by atoms with Crippen LogP contribution < -0.4 is 0 Å². The van der Waals surface area contributed by atoms with Crippen molar-refractivity contribution < 1.29 is 0 Å². The van der Waals surface area contributed by atoms with E-state index in [0.717, 1.165) is 0 Å². The molecule has 2 rings (SSSR count). The summed E-state index contributed by atoms with van der Waals surface area (Å²) in [6.07, 6.45) is 14.0. The molecule has 1 fully saturated rings. The summed E-state index contributed by atoms with van der Waals surface area (Å²) < 4.78 is 2.23. The summed E-state index contributed by atoms with van der Waals surface area (Å²) in [6.45, 7) is 6.05. The first-order valence-electron chi connectivity index (χ1n) is 6.30. The predicted molar refractivity (Wildman–Crippen MR) is 81.0 cm³/mol. The lowest BCUT2D eigenvalue weighted by molar-refractivity contribution is 0.907. The number of aryl methyl sites for hydroxylation is 1. The molecule has 1 aliphatic rings. The van der Waals surface area contributed by atoms with Gasteiger partial charge >= 0.3 is 0 Å². The second-order valence-corrected chi connectivity index (χ2v) is 8.80. The van der Waals surface area contributed by atoms with E-state index in [-0.39, 0.29) is 0 Å². The summed E-state index contributed by atoms with van der Waals surface area (Å²) in [5.74, 6) is 2.80. The molecule has 2 heterocycles. The van der Waals surface area contributed by atoms with E-state index < -0.39 is 10.0 Å². The Morgan fingerprint density at radius 3 is 2.53 bits per heavy atom. The van der Waals surface area contributed by atoms with Crippen LogP contribution in [0.2, 0.25) is 0 Å². The highest BCUT2D eigenvalue weighted by Crippen LogP contribution is 2.59. The molecule has 0 radical (unpaired) electrons. The van der Waals surface area contributed by atoms with Gasteiger partial charge in [0.15, 0.2) is 0 Å². The van der Waals surface area contributed by atoms with Crippen molar-refractivity contribution in [3.8, 4) is 0 Å². The average Bonchev–Trinajstić information content (AvgIpc) is 2.85. The van der Waals surface area contributed by atoms with Crippen molar-refractivity contribution in [3.63, 3.8) is 0 Å². The van der Waals surface area contributed by atoms with Crippen LogP contribution in [0.5, 0.6) is 0 Å². The Kier molecular flexibility index (Phi) is 3.53. The van der Waals surface area contributed by atoms with E-state index in [4.69, 9.17) is 0 Å². The molecule has 0 bridgehead atoms. The van der Waals surface area contributed by atoms with E-state index in [0.29, 0.717) is 0 Å². The highest BCUT2D eigenvalue weighted by molar-refractivity contribution is 8.33. The fourth-order valence-electron chi connectivity index (χ4n) is 2.78. The Morgan fingerprint density at radius 2 is 2.00 bits per heavy atom. The first-order valence-corrected chi connectivity index (χ1v) is 8.68. The van der Waals surface area contributed by atoms with Crippen molar-refractivity contribution >= 4 is 22.2 Å². The fourth-order valence-corrected chi connectivity index (χ4v) is 6.22. The van der Waals surface area contributed by atoms with Crippen LogP contribution in [-0.4, -0.2) is 22.3 Å². The maximum atomic E-state index is 3.95. The van der Waals surface area contributed by atoms with Crippen LogP contribution >= 0.6 is 10.0 Å². The van der Waals surface area contributed by atoms with Gasteiger partial charge in [-0.25, -0.2) is 10.0 Å². The molecule has 1 aromatic heterocycles. The van der Waals surface area contributed by atoms with Gasteiger partial charge in [-0.15, -0.1) is 0 Å². The quantitative estimate of drug-likeness (QED) is 0.753. The van der Waals surface area contributed by atoms with E-state index in [2.05, 4.69) is 49.7 Å². The first kappa shape index (κ1) is 12.6. The van der Waals surface area contributed by atoms with Crippen molar-refractivity contribution in [2.75, 3.05) is 17.8 Å². The smallest absolute Gasteiger partial charge is 0.0482 e. The van der Waals surface area contributed by atoms with E-state index in [1.165, 1.54) is 35.6 Å². The zero-order valence-corrected chi connectivity index (χ0v) is 12.0. The monoisotopic (exact) mass is 249 g/mol. The van der Waals surface area contributed by atoms with Crippen LogP contribution in [0.25, 0.3) is 12.2 Å². The average molecular weight is 249 g/mol. The Labute approximate surface area is 107 Å². The standard InChI is InChI=1S/C15H23NS/c1-5-9-13-14(6-2)16(3)12-15(13)17(4)10-7-8-11-17/h5-6,9,12H,2,7-8,10-11H2,1,3-4H3. The molecule has 1 aliphatic heterocycles. The van der Waals surface area contributed by atoms with E-state index >= 15 is 0 Å². The summed E-state index contributed by atoms with van der Waals surface area (Å²) in [7, 11) is 1.56. The second kappa shape index (κ2) is 4.77. The number of hydrogen-bond acceptors (Lipinski definition) is 0. The molecular weight excluding hydrogens is 226 g/mol.